The number of aromatic hydroxyl groups is 1. The highest BCUT2D eigenvalue weighted by molar-refractivity contribution is 7.10. The maximum atomic E-state index is 12.2. The summed E-state index contributed by atoms with van der Waals surface area (Å²) < 4.78 is 0. The average Bonchev–Trinajstić information content (AvgIpc) is 2.92. The highest BCUT2D eigenvalue weighted by atomic mass is 32.1. The molecule has 2 aromatic rings. The van der Waals surface area contributed by atoms with Crippen molar-refractivity contribution in [3.63, 3.8) is 0 Å². The van der Waals surface area contributed by atoms with Gasteiger partial charge in [0.15, 0.2) is 0 Å². The molecule has 5 heteroatoms. The van der Waals surface area contributed by atoms with E-state index >= 15 is 0 Å². The second-order valence-electron chi connectivity index (χ2n) is 4.53. The van der Waals surface area contributed by atoms with Crippen molar-refractivity contribution in [2.24, 2.45) is 5.73 Å². The molecule has 0 fully saturated rings. The lowest BCUT2D eigenvalue weighted by Crippen LogP contribution is -2.25. The molecule has 0 atom stereocenters. The number of nitrogens with zero attached hydrogens (tertiary/aromatic N) is 1. The van der Waals surface area contributed by atoms with Crippen LogP contribution in [0, 0.1) is 11.8 Å². The second-order valence-corrected chi connectivity index (χ2v) is 5.44. The zero-order valence-corrected chi connectivity index (χ0v) is 12.5. The van der Waals surface area contributed by atoms with E-state index in [-0.39, 0.29) is 11.7 Å². The minimum atomic E-state index is -0.0872. The molecule has 1 aromatic carbocycles. The molecular weight excluding hydrogens is 284 g/mol. The Hall–Kier alpha value is -2.29. The molecule has 1 heterocycles. The van der Waals surface area contributed by atoms with Gasteiger partial charge in [0.25, 0.3) is 5.91 Å². The van der Waals surface area contributed by atoms with Gasteiger partial charge < -0.3 is 15.7 Å². The molecule has 0 aliphatic heterocycles. The molecule has 0 aliphatic rings. The number of hydrogen-bond donors (Lipinski definition) is 2. The maximum absolute atomic E-state index is 12.2. The summed E-state index contributed by atoms with van der Waals surface area (Å²) in [6.45, 7) is 0.854. The molecule has 3 N–H and O–H groups in total. The van der Waals surface area contributed by atoms with Crippen LogP contribution in [-0.4, -0.2) is 29.5 Å². The number of hydrogen-bond acceptors (Lipinski definition) is 4. The quantitative estimate of drug-likeness (QED) is 0.852. The number of phenolic OH excluding ortho intramolecular Hbond substituents is 1. The first-order valence-corrected chi connectivity index (χ1v) is 7.29. The van der Waals surface area contributed by atoms with Crippen molar-refractivity contribution >= 4 is 17.2 Å². The smallest absolute Gasteiger partial charge is 0.253 e. The number of phenols is 1. The summed E-state index contributed by atoms with van der Waals surface area (Å²) in [5.41, 5.74) is 6.93. The van der Waals surface area contributed by atoms with Gasteiger partial charge in [0, 0.05) is 19.2 Å². The van der Waals surface area contributed by atoms with Crippen molar-refractivity contribution in [1.82, 2.24) is 4.90 Å². The predicted molar refractivity (Wildman–Crippen MR) is 84.2 cm³/mol. The van der Waals surface area contributed by atoms with Crippen molar-refractivity contribution in [3.05, 3.63) is 51.7 Å². The van der Waals surface area contributed by atoms with Crippen molar-refractivity contribution < 1.29 is 9.90 Å². The van der Waals surface area contributed by atoms with Crippen LogP contribution in [0.2, 0.25) is 0 Å². The number of thiophene rings is 1. The van der Waals surface area contributed by atoms with Crippen LogP contribution in [0.25, 0.3) is 0 Å². The standard InChI is InChI=1S/C16H16N2O2S/c1-18(16(20)13-4-6-14(19)7-5-13)10-12-9-15(21-11-12)3-2-8-17/h4-7,9,11,19H,8,10,17H2,1H3. The third kappa shape index (κ3) is 4.09. The Bertz CT molecular complexity index is 680. The minimum absolute atomic E-state index is 0.0872. The summed E-state index contributed by atoms with van der Waals surface area (Å²) in [6, 6.07) is 8.20. The molecule has 0 aliphatic carbocycles. The summed E-state index contributed by atoms with van der Waals surface area (Å²) in [6.07, 6.45) is 0. The fourth-order valence-electron chi connectivity index (χ4n) is 1.83. The summed E-state index contributed by atoms with van der Waals surface area (Å²) in [7, 11) is 1.75. The first-order chi connectivity index (χ1) is 10.1. The molecule has 0 saturated heterocycles. The van der Waals surface area contributed by atoms with Crippen LogP contribution in [0.1, 0.15) is 20.8 Å². The first kappa shape index (κ1) is 15.1. The Labute approximate surface area is 127 Å². The van der Waals surface area contributed by atoms with Crippen LogP contribution in [-0.2, 0) is 6.54 Å². The number of amides is 1. The zero-order valence-electron chi connectivity index (χ0n) is 11.7. The highest BCUT2D eigenvalue weighted by Gasteiger charge is 2.12. The van der Waals surface area contributed by atoms with E-state index in [0.29, 0.717) is 18.7 Å². The van der Waals surface area contributed by atoms with E-state index in [1.54, 1.807) is 35.4 Å². The molecule has 0 radical (unpaired) electrons. The van der Waals surface area contributed by atoms with Gasteiger partial charge in [-0.2, -0.15) is 0 Å². The molecule has 108 valence electrons. The van der Waals surface area contributed by atoms with E-state index in [0.717, 1.165) is 10.4 Å². The van der Waals surface area contributed by atoms with Gasteiger partial charge in [0.2, 0.25) is 0 Å². The zero-order chi connectivity index (χ0) is 15.2. The van der Waals surface area contributed by atoms with Crippen LogP contribution < -0.4 is 5.73 Å². The fourth-order valence-corrected chi connectivity index (χ4v) is 2.60. The van der Waals surface area contributed by atoms with Crippen LogP contribution in [0.4, 0.5) is 0 Å². The number of carbonyl (C=O) groups excluding carboxylic acids is 1. The van der Waals surface area contributed by atoms with E-state index in [4.69, 9.17) is 5.73 Å². The van der Waals surface area contributed by atoms with Gasteiger partial charge in [0.05, 0.1) is 11.4 Å². The Balaban J connectivity index is 2.03. The molecule has 0 spiro atoms. The fraction of sp³-hybridized carbons (Fsp3) is 0.188. The van der Waals surface area contributed by atoms with E-state index in [2.05, 4.69) is 11.8 Å². The third-order valence-corrected chi connectivity index (χ3v) is 3.74. The molecule has 1 amide bonds. The van der Waals surface area contributed by atoms with Crippen molar-refractivity contribution in [1.29, 1.82) is 0 Å². The Morgan fingerprint density at radius 2 is 2.10 bits per heavy atom. The number of benzene rings is 1. The summed E-state index contributed by atoms with van der Waals surface area (Å²) >= 11 is 1.54. The van der Waals surface area contributed by atoms with Crippen molar-refractivity contribution in [3.8, 4) is 17.6 Å². The van der Waals surface area contributed by atoms with Gasteiger partial charge in [-0.15, -0.1) is 11.3 Å². The topological polar surface area (TPSA) is 66.6 Å². The molecule has 0 saturated carbocycles. The SMILES string of the molecule is CN(Cc1csc(C#CCN)c1)C(=O)c1ccc(O)cc1. The minimum Gasteiger partial charge on any atom is -0.508 e. The van der Waals surface area contributed by atoms with Crippen LogP contribution >= 0.6 is 11.3 Å². The molecule has 4 nitrogen and oxygen atoms in total. The largest absolute Gasteiger partial charge is 0.508 e. The second kappa shape index (κ2) is 6.93. The lowest BCUT2D eigenvalue weighted by molar-refractivity contribution is 0.0785. The number of nitrogens with two attached hydrogens (primary N) is 1. The Morgan fingerprint density at radius 1 is 1.38 bits per heavy atom. The lowest BCUT2D eigenvalue weighted by Gasteiger charge is -2.16. The summed E-state index contributed by atoms with van der Waals surface area (Å²) in [5.74, 6) is 5.85. The van der Waals surface area contributed by atoms with Crippen LogP contribution in [0.15, 0.2) is 35.7 Å². The molecule has 0 unspecified atom stereocenters. The van der Waals surface area contributed by atoms with E-state index in [1.165, 1.54) is 12.1 Å². The molecule has 1 aromatic heterocycles. The molecule has 2 rings (SSSR count). The molecule has 0 bridgehead atoms. The highest BCUT2D eigenvalue weighted by Crippen LogP contribution is 2.17. The Kier molecular flexibility index (Phi) is 4.99. The third-order valence-electron chi connectivity index (χ3n) is 2.85. The van der Waals surface area contributed by atoms with E-state index in [9.17, 15) is 9.90 Å². The predicted octanol–water partition coefficient (Wildman–Crippen LogP) is 2.04. The Morgan fingerprint density at radius 3 is 2.76 bits per heavy atom. The molecular formula is C16H16N2O2S. The van der Waals surface area contributed by atoms with Crippen LogP contribution in [0.3, 0.4) is 0 Å². The normalized spacial score (nSPS) is 9.81. The van der Waals surface area contributed by atoms with E-state index in [1.807, 2.05) is 11.4 Å². The first-order valence-electron chi connectivity index (χ1n) is 6.41. The van der Waals surface area contributed by atoms with Gasteiger partial charge in [-0.1, -0.05) is 11.8 Å². The van der Waals surface area contributed by atoms with Crippen molar-refractivity contribution in [2.45, 2.75) is 6.54 Å². The summed E-state index contributed by atoms with van der Waals surface area (Å²) in [4.78, 5) is 14.8. The monoisotopic (exact) mass is 300 g/mol. The maximum Gasteiger partial charge on any atom is 0.253 e. The average molecular weight is 300 g/mol. The van der Waals surface area contributed by atoms with Crippen LogP contribution in [0.5, 0.6) is 5.75 Å². The van der Waals surface area contributed by atoms with Gasteiger partial charge >= 0.3 is 0 Å². The van der Waals surface area contributed by atoms with Gasteiger partial charge in [-0.05, 0) is 41.3 Å². The number of rotatable bonds is 3. The lowest BCUT2D eigenvalue weighted by atomic mass is 10.2. The van der Waals surface area contributed by atoms with Gasteiger partial charge in [0.1, 0.15) is 5.75 Å². The van der Waals surface area contributed by atoms with Gasteiger partial charge in [-0.3, -0.25) is 4.79 Å². The van der Waals surface area contributed by atoms with Gasteiger partial charge in [-0.25, -0.2) is 0 Å². The summed E-state index contributed by atoms with van der Waals surface area (Å²) in [5, 5.41) is 11.2. The molecule has 21 heavy (non-hydrogen) atoms. The van der Waals surface area contributed by atoms with E-state index < -0.39 is 0 Å². The number of carbonyl (C=O) groups is 1. The van der Waals surface area contributed by atoms with Crippen molar-refractivity contribution in [2.75, 3.05) is 13.6 Å².